The summed E-state index contributed by atoms with van der Waals surface area (Å²) in [5, 5.41) is 18.5. The van der Waals surface area contributed by atoms with Crippen LogP contribution < -0.4 is 16.0 Å². The van der Waals surface area contributed by atoms with E-state index >= 15 is 0 Å². The fourth-order valence-corrected chi connectivity index (χ4v) is 8.06. The topological polar surface area (TPSA) is 135 Å². The summed E-state index contributed by atoms with van der Waals surface area (Å²) in [6.07, 6.45) is 2.97. The van der Waals surface area contributed by atoms with E-state index in [-0.39, 0.29) is 60.5 Å². The van der Waals surface area contributed by atoms with Crippen molar-refractivity contribution in [2.75, 3.05) is 19.6 Å². The Morgan fingerprint density at radius 1 is 1.12 bits per heavy atom. The number of piperidine rings is 1. The summed E-state index contributed by atoms with van der Waals surface area (Å²) in [5.74, 6) is -4.02. The van der Waals surface area contributed by atoms with Crippen molar-refractivity contribution in [2.45, 2.75) is 103 Å². The number of carbonyl (C=O) groups excluding carboxylic acids is 4. The lowest BCUT2D eigenvalue weighted by Gasteiger charge is -2.59. The smallest absolute Gasteiger partial charge is 0.318 e. The van der Waals surface area contributed by atoms with Crippen molar-refractivity contribution in [3.05, 3.63) is 0 Å². The Morgan fingerprint density at radius 3 is 2.29 bits per heavy atom. The number of nitrogens with one attached hydrogen (secondary N) is 3. The van der Waals surface area contributed by atoms with E-state index in [4.69, 9.17) is 0 Å². The number of urea groups is 1. The van der Waals surface area contributed by atoms with E-state index in [1.165, 1.54) is 9.80 Å². The first-order valence-electron chi connectivity index (χ1n) is 15.2. The van der Waals surface area contributed by atoms with Crippen molar-refractivity contribution < 1.29 is 28.0 Å². The van der Waals surface area contributed by atoms with Crippen LogP contribution in [-0.2, 0) is 14.4 Å². The van der Waals surface area contributed by atoms with Crippen LogP contribution in [0.1, 0.15) is 73.1 Å². The number of rotatable bonds is 6. The molecule has 5 amide bonds. The molecule has 0 unspecified atom stereocenters. The van der Waals surface area contributed by atoms with Crippen LogP contribution in [0.5, 0.6) is 0 Å². The van der Waals surface area contributed by atoms with Crippen LogP contribution in [-0.4, -0.2) is 82.8 Å². The summed E-state index contributed by atoms with van der Waals surface area (Å²) >= 11 is 0. The van der Waals surface area contributed by atoms with Crippen LogP contribution in [0.3, 0.4) is 0 Å². The van der Waals surface area contributed by atoms with Gasteiger partial charge < -0.3 is 25.8 Å². The molecule has 0 aromatic heterocycles. The molecule has 3 saturated heterocycles. The summed E-state index contributed by atoms with van der Waals surface area (Å²) in [4.78, 5) is 56.3. The molecular formula is C30H42F2N6O4. The van der Waals surface area contributed by atoms with Gasteiger partial charge in [-0.15, -0.1) is 0 Å². The molecule has 6 aliphatic rings. The highest BCUT2D eigenvalue weighted by atomic mass is 19.3. The molecule has 12 heteroatoms. The van der Waals surface area contributed by atoms with Crippen LogP contribution in [0.15, 0.2) is 0 Å². The molecular weight excluding hydrogens is 546 g/mol. The first-order valence-corrected chi connectivity index (χ1v) is 15.2. The molecule has 6 rings (SSSR count). The van der Waals surface area contributed by atoms with Crippen molar-refractivity contribution in [1.29, 1.82) is 5.26 Å². The van der Waals surface area contributed by atoms with Crippen molar-refractivity contribution in [3.63, 3.8) is 0 Å². The van der Waals surface area contributed by atoms with Crippen LogP contribution in [0.4, 0.5) is 13.6 Å². The molecule has 2 spiro atoms. The Balaban J connectivity index is 1.14. The monoisotopic (exact) mass is 588 g/mol. The Morgan fingerprint density at radius 2 is 1.79 bits per heavy atom. The lowest BCUT2D eigenvalue weighted by atomic mass is 9.60. The lowest BCUT2D eigenvalue weighted by molar-refractivity contribution is -0.248. The van der Waals surface area contributed by atoms with Crippen molar-refractivity contribution in [2.24, 2.45) is 34.0 Å². The zero-order valence-electron chi connectivity index (χ0n) is 25.1. The van der Waals surface area contributed by atoms with Gasteiger partial charge in [-0.2, -0.15) is 5.26 Å². The van der Waals surface area contributed by atoms with Crippen LogP contribution in [0.25, 0.3) is 0 Å². The van der Waals surface area contributed by atoms with Crippen molar-refractivity contribution >= 4 is 23.8 Å². The van der Waals surface area contributed by atoms with Gasteiger partial charge in [-0.05, 0) is 54.8 Å². The molecule has 0 aromatic rings. The van der Waals surface area contributed by atoms with Gasteiger partial charge in [0.2, 0.25) is 17.7 Å². The van der Waals surface area contributed by atoms with Crippen molar-refractivity contribution in [1.82, 2.24) is 25.8 Å². The zero-order chi connectivity index (χ0) is 30.6. The Hall–Kier alpha value is -2.97. The minimum atomic E-state index is -2.77. The number of nitrogens with zero attached hydrogens (tertiary/aromatic N) is 3. The average molecular weight is 589 g/mol. The fraction of sp³-hybridized carbons (Fsp3) is 0.833. The number of carbonyl (C=O) groups is 4. The summed E-state index contributed by atoms with van der Waals surface area (Å²) in [6, 6.07) is -1.10. The van der Waals surface area contributed by atoms with Crippen LogP contribution >= 0.6 is 0 Å². The van der Waals surface area contributed by atoms with Gasteiger partial charge in [-0.1, -0.05) is 34.6 Å². The quantitative estimate of drug-likeness (QED) is 0.438. The van der Waals surface area contributed by atoms with Gasteiger partial charge in [-0.3, -0.25) is 14.4 Å². The second-order valence-corrected chi connectivity index (χ2v) is 15.6. The van der Waals surface area contributed by atoms with E-state index in [1.54, 1.807) is 0 Å². The maximum atomic E-state index is 14.1. The number of amides is 5. The maximum Gasteiger partial charge on any atom is 0.318 e. The fourth-order valence-electron chi connectivity index (χ4n) is 8.06. The molecule has 10 nitrogen and oxygen atoms in total. The number of halogens is 2. The number of hydrogen-bond donors (Lipinski definition) is 3. The van der Waals surface area contributed by atoms with E-state index in [0.29, 0.717) is 19.4 Å². The number of hydrogen-bond acceptors (Lipinski definition) is 5. The highest BCUT2D eigenvalue weighted by Crippen LogP contribution is 2.65. The Labute approximate surface area is 245 Å². The molecule has 0 aromatic carbocycles. The average Bonchev–Trinajstić information content (AvgIpc) is 3.58. The van der Waals surface area contributed by atoms with Gasteiger partial charge in [-0.25, -0.2) is 13.6 Å². The molecule has 3 saturated carbocycles. The van der Waals surface area contributed by atoms with Gasteiger partial charge in [0.25, 0.3) is 5.92 Å². The highest BCUT2D eigenvalue weighted by molar-refractivity contribution is 5.94. The molecule has 230 valence electrons. The predicted molar refractivity (Wildman–Crippen MR) is 147 cm³/mol. The van der Waals surface area contributed by atoms with E-state index in [9.17, 15) is 33.2 Å². The highest BCUT2D eigenvalue weighted by Gasteiger charge is 2.70. The SMILES string of the molecule is CC(C)(C)[C@H](NC(=O)N1CC2(CCC2(F)F)C1)C(=O)N1C[C@H]2[C@@H]([C@H]1C(=O)N[C@H](C#N)C[C@@H]1CC3(CC3)NC1=O)C2(C)C. The van der Waals surface area contributed by atoms with E-state index in [1.807, 2.05) is 20.8 Å². The number of alkyl halides is 2. The van der Waals surface area contributed by atoms with E-state index < -0.39 is 52.7 Å². The number of likely N-dealkylation sites (tertiary alicyclic amines) is 2. The molecule has 3 aliphatic carbocycles. The maximum absolute atomic E-state index is 14.1. The summed E-state index contributed by atoms with van der Waals surface area (Å²) < 4.78 is 28.1. The predicted octanol–water partition coefficient (Wildman–Crippen LogP) is 2.39. The standard InChI is InChI=1S/C30H42F2N6O4/c1-26(2,3)21(35-25(42)37-14-28(15-37)6-9-30(28,31)32)24(41)38-13-18-19(27(18,4)5)20(38)23(40)34-17(12-33)10-16-11-29(7-8-29)36-22(16)39/h16-21H,6-11,13-15H2,1-5H3,(H,34,40)(H,35,42)(H,36,39)/t16-,17+,18+,19+,20+,21-/m1/s1. The second-order valence-electron chi connectivity index (χ2n) is 15.6. The van der Waals surface area contributed by atoms with Gasteiger partial charge in [0.1, 0.15) is 18.1 Å². The zero-order valence-corrected chi connectivity index (χ0v) is 25.1. The van der Waals surface area contributed by atoms with Crippen LogP contribution in [0, 0.1) is 45.3 Å². The molecule has 0 bridgehead atoms. The van der Waals surface area contributed by atoms with Crippen molar-refractivity contribution in [3.8, 4) is 6.07 Å². The molecule has 0 radical (unpaired) electrons. The minimum absolute atomic E-state index is 0.0420. The first-order chi connectivity index (χ1) is 19.4. The number of nitriles is 1. The van der Waals surface area contributed by atoms with Gasteiger partial charge in [0.05, 0.1) is 11.5 Å². The lowest BCUT2D eigenvalue weighted by Crippen LogP contribution is -2.73. The molecule has 3 aliphatic heterocycles. The molecule has 3 N–H and O–H groups in total. The number of fused-ring (bicyclic) bond motifs is 1. The third-order valence-electron chi connectivity index (χ3n) is 11.4. The van der Waals surface area contributed by atoms with Gasteiger partial charge >= 0.3 is 6.03 Å². The van der Waals surface area contributed by atoms with Gasteiger partial charge in [0, 0.05) is 37.5 Å². The van der Waals surface area contributed by atoms with Crippen LogP contribution in [0.2, 0.25) is 0 Å². The molecule has 6 fully saturated rings. The summed E-state index contributed by atoms with van der Waals surface area (Å²) in [5.41, 5.74) is -2.16. The minimum Gasteiger partial charge on any atom is -0.350 e. The summed E-state index contributed by atoms with van der Waals surface area (Å²) in [6.45, 7) is 9.82. The molecule has 42 heavy (non-hydrogen) atoms. The third kappa shape index (κ3) is 4.44. The first kappa shape index (κ1) is 29.1. The normalized spacial score (nSPS) is 33.4. The van der Waals surface area contributed by atoms with Gasteiger partial charge in [0.15, 0.2) is 0 Å². The molecule has 3 heterocycles. The second kappa shape index (κ2) is 9.02. The summed E-state index contributed by atoms with van der Waals surface area (Å²) in [7, 11) is 0. The third-order valence-corrected chi connectivity index (χ3v) is 11.4. The van der Waals surface area contributed by atoms with E-state index in [0.717, 1.165) is 12.8 Å². The van der Waals surface area contributed by atoms with E-state index in [2.05, 4.69) is 35.9 Å². The molecule has 6 atom stereocenters. The largest absolute Gasteiger partial charge is 0.350 e. The Bertz CT molecular complexity index is 1260. The Kier molecular flexibility index (Phi) is 6.25.